The van der Waals surface area contributed by atoms with Crippen molar-refractivity contribution in [3.05, 3.63) is 58.1 Å². The van der Waals surface area contributed by atoms with Crippen LogP contribution < -0.4 is 0 Å². The van der Waals surface area contributed by atoms with Gasteiger partial charge in [0.05, 0.1) is 0 Å². The highest BCUT2D eigenvalue weighted by atomic mass is 32.2. The summed E-state index contributed by atoms with van der Waals surface area (Å²) in [5.74, 6) is 4.96. The van der Waals surface area contributed by atoms with Crippen LogP contribution in [-0.4, -0.2) is 11.5 Å². The van der Waals surface area contributed by atoms with Crippen LogP contribution in [0.2, 0.25) is 0 Å². The van der Waals surface area contributed by atoms with Gasteiger partial charge in [0.1, 0.15) is 0 Å². The lowest BCUT2D eigenvalue weighted by molar-refractivity contribution is 0.627. The smallest absolute Gasteiger partial charge is 0.0190 e. The van der Waals surface area contributed by atoms with Crippen molar-refractivity contribution < 1.29 is 0 Å². The lowest BCUT2D eigenvalue weighted by Crippen LogP contribution is -1.95. The molecule has 1 aliphatic carbocycles. The van der Waals surface area contributed by atoms with Crippen LogP contribution in [0, 0.1) is 6.92 Å². The van der Waals surface area contributed by atoms with Crippen molar-refractivity contribution in [2.24, 2.45) is 0 Å². The third-order valence-electron chi connectivity index (χ3n) is 7.09. The van der Waals surface area contributed by atoms with Gasteiger partial charge in [0.2, 0.25) is 0 Å². The average Bonchev–Trinajstić information content (AvgIpc) is 3.20. The lowest BCUT2D eigenvalue weighted by Gasteiger charge is -2.14. The lowest BCUT2D eigenvalue weighted by atomic mass is 9.97. The molecule has 3 rings (SSSR count). The number of unbranched alkanes of at least 4 members (excludes halogenated alkanes) is 10. The molecular formula is C32H48S2. The van der Waals surface area contributed by atoms with Gasteiger partial charge in [-0.15, -0.1) is 0 Å². The van der Waals surface area contributed by atoms with E-state index >= 15 is 0 Å². The molecule has 0 heterocycles. The number of hydrogen-bond acceptors (Lipinski definition) is 2. The van der Waals surface area contributed by atoms with Crippen LogP contribution in [-0.2, 0) is 17.9 Å². The van der Waals surface area contributed by atoms with Crippen LogP contribution in [0.5, 0.6) is 0 Å². The molecule has 0 amide bonds. The maximum Gasteiger partial charge on any atom is 0.0190 e. The summed E-state index contributed by atoms with van der Waals surface area (Å²) in [6.45, 7) is 6.83. The van der Waals surface area contributed by atoms with E-state index in [9.17, 15) is 0 Å². The van der Waals surface area contributed by atoms with Crippen LogP contribution in [0.3, 0.4) is 0 Å². The molecule has 0 nitrogen and oxygen atoms in total. The van der Waals surface area contributed by atoms with E-state index < -0.39 is 0 Å². The molecule has 0 fully saturated rings. The minimum absolute atomic E-state index is 1.12. The molecule has 34 heavy (non-hydrogen) atoms. The largest absolute Gasteiger partial charge is 0.157 e. The molecule has 2 aromatic carbocycles. The maximum atomic E-state index is 2.55. The Balaban J connectivity index is 1.56. The molecule has 2 heteroatoms. The number of rotatable bonds is 18. The summed E-state index contributed by atoms with van der Waals surface area (Å²) >= 11 is 4.30. The second-order valence-electron chi connectivity index (χ2n) is 10.3. The molecule has 0 aliphatic heterocycles. The van der Waals surface area contributed by atoms with Crippen LogP contribution in [0.25, 0.3) is 11.1 Å². The van der Waals surface area contributed by atoms with E-state index in [2.05, 4.69) is 74.6 Å². The summed E-state index contributed by atoms with van der Waals surface area (Å²) < 4.78 is 0. The Morgan fingerprint density at radius 1 is 0.647 bits per heavy atom. The van der Waals surface area contributed by atoms with E-state index in [0.29, 0.717) is 0 Å². The second-order valence-corrected chi connectivity index (χ2v) is 12.5. The van der Waals surface area contributed by atoms with Gasteiger partial charge in [0.15, 0.2) is 0 Å². The van der Waals surface area contributed by atoms with Crippen molar-refractivity contribution in [3.63, 3.8) is 0 Å². The number of hydrogen-bond donors (Lipinski definition) is 0. The summed E-state index contributed by atoms with van der Waals surface area (Å²) in [6, 6.07) is 12.2. The summed E-state index contributed by atoms with van der Waals surface area (Å²) in [5.41, 5.74) is 10.7. The molecule has 0 unspecified atom stereocenters. The zero-order chi connectivity index (χ0) is 24.0. The van der Waals surface area contributed by atoms with Gasteiger partial charge in [-0.1, -0.05) is 114 Å². The quantitative estimate of drug-likeness (QED) is 0.161. The molecule has 0 N–H and O–H groups in total. The maximum absolute atomic E-state index is 2.55. The third kappa shape index (κ3) is 8.98. The van der Waals surface area contributed by atoms with E-state index in [-0.39, 0.29) is 0 Å². The first-order valence-electron chi connectivity index (χ1n) is 14.1. The fourth-order valence-corrected chi connectivity index (χ4v) is 7.10. The topological polar surface area (TPSA) is 0 Å². The second kappa shape index (κ2) is 16.0. The molecule has 0 bridgehead atoms. The molecule has 0 radical (unpaired) electrons. The molecule has 2 aromatic rings. The fraction of sp³-hybridized carbons (Fsp3) is 0.625. The summed E-state index contributed by atoms with van der Waals surface area (Å²) in [4.78, 5) is 0. The Hall–Kier alpha value is -0.860. The van der Waals surface area contributed by atoms with Crippen molar-refractivity contribution in [3.8, 4) is 11.1 Å². The Bertz CT molecular complexity index is 854. The van der Waals surface area contributed by atoms with Gasteiger partial charge in [-0.25, -0.2) is 0 Å². The van der Waals surface area contributed by atoms with E-state index in [4.69, 9.17) is 0 Å². The van der Waals surface area contributed by atoms with Gasteiger partial charge < -0.3 is 0 Å². The van der Waals surface area contributed by atoms with Crippen molar-refractivity contribution in [1.29, 1.82) is 0 Å². The minimum atomic E-state index is 1.12. The summed E-state index contributed by atoms with van der Waals surface area (Å²) in [7, 11) is 0. The number of thioether (sulfide) groups is 2. The zero-order valence-electron chi connectivity index (χ0n) is 22.2. The predicted molar refractivity (Wildman–Crippen MR) is 158 cm³/mol. The number of benzene rings is 2. The first kappa shape index (κ1) is 27.7. The highest BCUT2D eigenvalue weighted by molar-refractivity contribution is 7.98. The molecule has 1 aliphatic rings. The number of fused-ring (bicyclic) bond motifs is 3. The van der Waals surface area contributed by atoms with Crippen LogP contribution in [0.4, 0.5) is 0 Å². The predicted octanol–water partition coefficient (Wildman–Crippen LogP) is 10.8. The van der Waals surface area contributed by atoms with Crippen LogP contribution in [0.15, 0.2) is 30.3 Å². The molecular weight excluding hydrogens is 448 g/mol. The SMILES string of the molecule is CCCCCCCCSCc1cc(CSCCCCCCCC)c2c(c1)Cc1ccc(C)cc1-2. The fourth-order valence-electron chi connectivity index (χ4n) is 5.15. The zero-order valence-corrected chi connectivity index (χ0v) is 23.9. The summed E-state index contributed by atoms with van der Waals surface area (Å²) in [6.07, 6.45) is 17.9. The molecule has 0 saturated heterocycles. The monoisotopic (exact) mass is 496 g/mol. The van der Waals surface area contributed by atoms with Crippen molar-refractivity contribution in [2.75, 3.05) is 11.5 Å². The highest BCUT2D eigenvalue weighted by Gasteiger charge is 2.22. The first-order chi connectivity index (χ1) is 16.7. The molecule has 0 saturated carbocycles. The van der Waals surface area contributed by atoms with Crippen molar-refractivity contribution in [2.45, 2.75) is 116 Å². The molecule has 0 atom stereocenters. The Labute approximate surface area is 219 Å². The van der Waals surface area contributed by atoms with Crippen molar-refractivity contribution in [1.82, 2.24) is 0 Å². The van der Waals surface area contributed by atoms with E-state index in [1.807, 2.05) is 0 Å². The van der Waals surface area contributed by atoms with Crippen LogP contribution >= 0.6 is 23.5 Å². The van der Waals surface area contributed by atoms with Gasteiger partial charge >= 0.3 is 0 Å². The van der Waals surface area contributed by atoms with Gasteiger partial charge in [-0.3, -0.25) is 0 Å². The van der Waals surface area contributed by atoms with E-state index in [0.717, 1.165) is 6.42 Å². The Morgan fingerprint density at radius 2 is 1.26 bits per heavy atom. The van der Waals surface area contributed by atoms with Gasteiger partial charge in [-0.05, 0) is 71.1 Å². The number of aryl methyl sites for hydroxylation is 1. The van der Waals surface area contributed by atoms with E-state index in [1.165, 1.54) is 117 Å². The Morgan fingerprint density at radius 3 is 1.94 bits per heavy atom. The van der Waals surface area contributed by atoms with Crippen LogP contribution in [0.1, 0.15) is 119 Å². The van der Waals surface area contributed by atoms with Gasteiger partial charge in [-0.2, -0.15) is 23.5 Å². The average molecular weight is 497 g/mol. The van der Waals surface area contributed by atoms with Gasteiger partial charge in [0, 0.05) is 11.5 Å². The standard InChI is InChI=1S/C32H48S2/c1-4-6-8-10-12-14-18-33-24-27-21-29-23-28-17-16-26(3)20-31(28)32(29)30(22-27)25-34-19-15-13-11-9-7-5-2/h16-17,20-22H,4-15,18-19,23-25H2,1-3H3. The van der Waals surface area contributed by atoms with Gasteiger partial charge in [0.25, 0.3) is 0 Å². The third-order valence-corrected chi connectivity index (χ3v) is 9.30. The Kier molecular flexibility index (Phi) is 13.0. The highest BCUT2D eigenvalue weighted by Crippen LogP contribution is 2.42. The van der Waals surface area contributed by atoms with E-state index in [1.54, 1.807) is 22.3 Å². The first-order valence-corrected chi connectivity index (χ1v) is 16.4. The summed E-state index contributed by atoms with van der Waals surface area (Å²) in [5, 5.41) is 0. The van der Waals surface area contributed by atoms with Crippen molar-refractivity contribution >= 4 is 23.5 Å². The molecule has 0 spiro atoms. The molecule has 0 aromatic heterocycles. The molecule has 188 valence electrons. The minimum Gasteiger partial charge on any atom is -0.157 e. The normalized spacial score (nSPS) is 12.2.